The third-order valence-corrected chi connectivity index (χ3v) is 8.71. The van der Waals surface area contributed by atoms with Gasteiger partial charge in [0.15, 0.2) is 18.3 Å². The van der Waals surface area contributed by atoms with Crippen LogP contribution in [-0.2, 0) is 55.8 Å². The fraction of sp³-hybridized carbons (Fsp3) is 0.356. The molecule has 0 saturated heterocycles. The molecule has 0 spiro atoms. The molecular formula is C45H52N2O11. The molecule has 0 aliphatic heterocycles. The van der Waals surface area contributed by atoms with E-state index in [1.54, 1.807) is 84.0 Å². The van der Waals surface area contributed by atoms with Crippen molar-refractivity contribution in [2.75, 3.05) is 32.4 Å². The number of carbonyl (C=O) groups excluding carboxylic acids is 5. The molecule has 1 heterocycles. The molecular weight excluding hydrogens is 744 g/mol. The second kappa shape index (κ2) is 21.4. The molecule has 0 aliphatic rings. The molecule has 308 valence electrons. The third kappa shape index (κ3) is 13.2. The standard InChI is InChI=1S/C45H52N2O11/c1-8-54-39(48)24-21-33(26-36-22-23-38(57-36)42(50)46-35-17-11-10-12-18-35)30(3)47(28-31-19-20-32-15-13-14-16-34(32)25-31)43(51)41(56-29-53-7)37(44(52)55-9-2)27-40(49)58-45(4,5)6/h10-25,30,33H,8-9,26-29H2,1-7H3,(H,46,50). The van der Waals surface area contributed by atoms with Crippen LogP contribution < -0.4 is 5.32 Å². The number of amides is 2. The van der Waals surface area contributed by atoms with E-state index >= 15 is 4.79 Å². The molecule has 0 bridgehead atoms. The lowest BCUT2D eigenvalue weighted by atomic mass is 9.93. The summed E-state index contributed by atoms with van der Waals surface area (Å²) in [6.45, 7) is 9.76. The first kappa shape index (κ1) is 44.5. The Bertz CT molecular complexity index is 2100. The first-order valence-electron chi connectivity index (χ1n) is 19.0. The van der Waals surface area contributed by atoms with Gasteiger partial charge in [0.1, 0.15) is 11.4 Å². The van der Waals surface area contributed by atoms with Crippen molar-refractivity contribution < 1.29 is 52.1 Å². The monoisotopic (exact) mass is 796 g/mol. The molecule has 58 heavy (non-hydrogen) atoms. The molecule has 3 aromatic carbocycles. The maximum atomic E-state index is 15.1. The van der Waals surface area contributed by atoms with Crippen LogP contribution in [0.25, 0.3) is 10.8 Å². The molecule has 0 aliphatic carbocycles. The van der Waals surface area contributed by atoms with E-state index in [0.29, 0.717) is 11.4 Å². The lowest BCUT2D eigenvalue weighted by Crippen LogP contribution is -2.44. The summed E-state index contributed by atoms with van der Waals surface area (Å²) in [5, 5.41) is 4.72. The minimum absolute atomic E-state index is 0.000147. The van der Waals surface area contributed by atoms with E-state index in [-0.39, 0.29) is 37.5 Å². The number of hydrogen-bond acceptors (Lipinski definition) is 11. The third-order valence-electron chi connectivity index (χ3n) is 8.71. The van der Waals surface area contributed by atoms with Crippen LogP contribution in [0.5, 0.6) is 0 Å². The Labute approximate surface area is 338 Å². The highest BCUT2D eigenvalue weighted by Gasteiger charge is 2.35. The summed E-state index contributed by atoms with van der Waals surface area (Å²) in [5.41, 5.74) is 0.0799. The number of para-hydroxylation sites is 1. The molecule has 0 saturated carbocycles. The number of furan rings is 1. The van der Waals surface area contributed by atoms with Gasteiger partial charge in [-0.25, -0.2) is 9.59 Å². The van der Waals surface area contributed by atoms with Gasteiger partial charge in [-0.2, -0.15) is 0 Å². The number of fused-ring (bicyclic) bond motifs is 1. The summed E-state index contributed by atoms with van der Waals surface area (Å²) in [6.07, 6.45) is 2.38. The zero-order valence-corrected chi connectivity index (χ0v) is 34.1. The van der Waals surface area contributed by atoms with Gasteiger partial charge in [0.25, 0.3) is 11.8 Å². The second-order valence-electron chi connectivity index (χ2n) is 14.3. The Morgan fingerprint density at radius 2 is 1.53 bits per heavy atom. The van der Waals surface area contributed by atoms with E-state index in [0.717, 1.165) is 16.3 Å². The van der Waals surface area contributed by atoms with E-state index in [1.165, 1.54) is 18.1 Å². The first-order chi connectivity index (χ1) is 27.7. The smallest absolute Gasteiger partial charge is 0.338 e. The molecule has 1 N–H and O–H groups in total. The summed E-state index contributed by atoms with van der Waals surface area (Å²) >= 11 is 0. The number of hydrogen-bond donors (Lipinski definition) is 1. The zero-order valence-electron chi connectivity index (χ0n) is 34.1. The van der Waals surface area contributed by atoms with Crippen LogP contribution in [0, 0.1) is 5.92 Å². The number of esters is 3. The summed E-state index contributed by atoms with van der Waals surface area (Å²) < 4.78 is 33.1. The van der Waals surface area contributed by atoms with Gasteiger partial charge in [-0.05, 0) is 88.2 Å². The van der Waals surface area contributed by atoms with Crippen molar-refractivity contribution >= 4 is 46.2 Å². The molecule has 13 nitrogen and oxygen atoms in total. The molecule has 0 radical (unpaired) electrons. The van der Waals surface area contributed by atoms with Crippen LogP contribution >= 0.6 is 0 Å². The summed E-state index contributed by atoms with van der Waals surface area (Å²) in [4.78, 5) is 69.0. The number of rotatable bonds is 19. The number of carbonyl (C=O) groups is 5. The lowest BCUT2D eigenvalue weighted by molar-refractivity contribution is -0.155. The van der Waals surface area contributed by atoms with E-state index in [1.807, 2.05) is 48.5 Å². The highest BCUT2D eigenvalue weighted by molar-refractivity contribution is 6.04. The number of anilines is 1. The van der Waals surface area contributed by atoms with Crippen LogP contribution in [-0.4, -0.2) is 73.4 Å². The molecule has 4 rings (SSSR count). The van der Waals surface area contributed by atoms with Crippen molar-refractivity contribution in [1.82, 2.24) is 4.90 Å². The quantitative estimate of drug-likeness (QED) is 0.0328. The van der Waals surface area contributed by atoms with Gasteiger partial charge in [0.05, 0.1) is 25.2 Å². The summed E-state index contributed by atoms with van der Waals surface area (Å²) in [6, 6.07) is 24.9. The summed E-state index contributed by atoms with van der Waals surface area (Å²) in [5.74, 6) is -4.21. The largest absolute Gasteiger partial charge is 0.463 e. The highest BCUT2D eigenvalue weighted by atomic mass is 16.7. The Hall–Kier alpha value is -6.21. The number of methoxy groups -OCH3 is 1. The number of benzene rings is 3. The van der Waals surface area contributed by atoms with Crippen molar-refractivity contribution in [3.8, 4) is 0 Å². The first-order valence-corrected chi connectivity index (χ1v) is 19.0. The fourth-order valence-corrected chi connectivity index (χ4v) is 6.03. The molecule has 2 unspecified atom stereocenters. The van der Waals surface area contributed by atoms with Gasteiger partial charge >= 0.3 is 17.9 Å². The van der Waals surface area contributed by atoms with Crippen molar-refractivity contribution in [2.24, 2.45) is 5.92 Å². The van der Waals surface area contributed by atoms with E-state index in [2.05, 4.69) is 5.32 Å². The average molecular weight is 797 g/mol. The lowest BCUT2D eigenvalue weighted by Gasteiger charge is -2.34. The van der Waals surface area contributed by atoms with E-state index in [9.17, 15) is 19.2 Å². The van der Waals surface area contributed by atoms with Gasteiger partial charge in [-0.15, -0.1) is 0 Å². The van der Waals surface area contributed by atoms with Gasteiger partial charge in [-0.1, -0.05) is 60.7 Å². The van der Waals surface area contributed by atoms with Gasteiger partial charge in [0.2, 0.25) is 0 Å². The maximum absolute atomic E-state index is 15.1. The Morgan fingerprint density at radius 1 is 0.845 bits per heavy atom. The van der Waals surface area contributed by atoms with Gasteiger partial charge in [0, 0.05) is 43.8 Å². The molecule has 2 atom stereocenters. The Balaban J connectivity index is 1.83. The van der Waals surface area contributed by atoms with Gasteiger partial charge in [-0.3, -0.25) is 14.4 Å². The number of ether oxygens (including phenoxy) is 5. The average Bonchev–Trinajstić information content (AvgIpc) is 3.66. The van der Waals surface area contributed by atoms with Crippen molar-refractivity contribution in [2.45, 2.75) is 72.6 Å². The number of nitrogens with zero attached hydrogens (tertiary/aromatic N) is 1. The van der Waals surface area contributed by atoms with E-state index in [4.69, 9.17) is 28.1 Å². The zero-order chi connectivity index (χ0) is 42.2. The highest BCUT2D eigenvalue weighted by Crippen LogP contribution is 2.28. The van der Waals surface area contributed by atoms with Crippen LogP contribution in [0.4, 0.5) is 5.69 Å². The minimum Gasteiger partial charge on any atom is -0.463 e. The van der Waals surface area contributed by atoms with Crippen molar-refractivity contribution in [3.05, 3.63) is 125 Å². The normalized spacial score (nSPS) is 12.9. The molecule has 0 fully saturated rings. The predicted octanol–water partition coefficient (Wildman–Crippen LogP) is 7.55. The van der Waals surface area contributed by atoms with Crippen LogP contribution in [0.3, 0.4) is 0 Å². The SMILES string of the molecule is CCOC(=O)C=CC(Cc1ccc(C(=O)Nc2ccccc2)o1)C(C)N(Cc1ccc2ccccc2c1)C(=O)C(OCOC)=C(CC(=O)OC(C)(C)C)C(=O)OCC. The topological polar surface area (TPSA) is 160 Å². The molecule has 1 aromatic heterocycles. The number of nitrogens with one attached hydrogen (secondary N) is 1. The second-order valence-corrected chi connectivity index (χ2v) is 14.3. The summed E-state index contributed by atoms with van der Waals surface area (Å²) in [7, 11) is 1.35. The van der Waals surface area contributed by atoms with Crippen molar-refractivity contribution in [3.63, 3.8) is 0 Å². The van der Waals surface area contributed by atoms with Crippen LogP contribution in [0.15, 0.2) is 113 Å². The fourth-order valence-electron chi connectivity index (χ4n) is 6.03. The Morgan fingerprint density at radius 3 is 2.21 bits per heavy atom. The molecule has 2 amide bonds. The molecule has 4 aromatic rings. The van der Waals surface area contributed by atoms with Gasteiger partial charge < -0.3 is 38.3 Å². The van der Waals surface area contributed by atoms with Crippen molar-refractivity contribution in [1.29, 1.82) is 0 Å². The van der Waals surface area contributed by atoms with Crippen LogP contribution in [0.1, 0.15) is 69.8 Å². The van der Waals surface area contributed by atoms with E-state index < -0.39 is 66.3 Å². The minimum atomic E-state index is -0.943. The maximum Gasteiger partial charge on any atom is 0.338 e. The Kier molecular flexibility index (Phi) is 16.4. The van der Waals surface area contributed by atoms with Crippen LogP contribution in [0.2, 0.25) is 0 Å². The predicted molar refractivity (Wildman–Crippen MR) is 217 cm³/mol. The molecule has 13 heteroatoms.